The highest BCUT2D eigenvalue weighted by molar-refractivity contribution is 5.97. The highest BCUT2D eigenvalue weighted by atomic mass is 16.5. The third-order valence-corrected chi connectivity index (χ3v) is 4.16. The molecule has 0 aliphatic carbocycles. The second-order valence-electron chi connectivity index (χ2n) is 6.32. The van der Waals surface area contributed by atoms with Crippen LogP contribution in [-0.2, 0) is 6.54 Å². The molecule has 27 heavy (non-hydrogen) atoms. The van der Waals surface area contributed by atoms with Crippen LogP contribution in [0.25, 0.3) is 10.9 Å². The van der Waals surface area contributed by atoms with E-state index in [1.807, 2.05) is 44.2 Å². The van der Waals surface area contributed by atoms with Gasteiger partial charge in [-0.1, -0.05) is 35.9 Å². The minimum atomic E-state index is -0.505. The second-order valence-corrected chi connectivity index (χ2v) is 6.32. The molecule has 0 bridgehead atoms. The van der Waals surface area contributed by atoms with Crippen molar-refractivity contribution < 1.29 is 14.6 Å². The van der Waals surface area contributed by atoms with Gasteiger partial charge in [-0.05, 0) is 38.1 Å². The smallest absolute Gasteiger partial charge is 0.295 e. The Morgan fingerprint density at radius 3 is 2.70 bits per heavy atom. The molecule has 6 heteroatoms. The van der Waals surface area contributed by atoms with Gasteiger partial charge in [-0.2, -0.15) is 0 Å². The van der Waals surface area contributed by atoms with Gasteiger partial charge in [-0.15, -0.1) is 10.2 Å². The van der Waals surface area contributed by atoms with Crippen molar-refractivity contribution in [2.24, 2.45) is 10.2 Å². The molecule has 2 aromatic carbocycles. The van der Waals surface area contributed by atoms with Crippen LogP contribution in [-0.4, -0.2) is 22.7 Å². The molecule has 0 unspecified atom stereocenters. The third kappa shape index (κ3) is 3.89. The number of fused-ring (bicyclic) bond motifs is 1. The van der Waals surface area contributed by atoms with Crippen molar-refractivity contribution >= 4 is 22.5 Å². The Labute approximate surface area is 157 Å². The van der Waals surface area contributed by atoms with Crippen molar-refractivity contribution in [3.63, 3.8) is 0 Å². The van der Waals surface area contributed by atoms with Crippen LogP contribution in [0, 0.1) is 0 Å². The van der Waals surface area contributed by atoms with E-state index in [0.29, 0.717) is 17.9 Å². The molecule has 0 saturated heterocycles. The summed E-state index contributed by atoms with van der Waals surface area (Å²) in [6, 6.07) is 14.2. The Hall–Kier alpha value is -3.41. The Bertz CT molecular complexity index is 1040. The van der Waals surface area contributed by atoms with Crippen LogP contribution in [0.3, 0.4) is 0 Å². The molecule has 0 atom stereocenters. The normalized spacial score (nSPS) is 11.1. The van der Waals surface area contributed by atoms with E-state index in [0.717, 1.165) is 16.5 Å². The lowest BCUT2D eigenvalue weighted by molar-refractivity contribution is 0.0994. The van der Waals surface area contributed by atoms with Crippen LogP contribution in [0.15, 0.2) is 70.4 Å². The number of benzene rings is 2. The Morgan fingerprint density at radius 1 is 1.19 bits per heavy atom. The van der Waals surface area contributed by atoms with Crippen LogP contribution >= 0.6 is 0 Å². The van der Waals surface area contributed by atoms with E-state index >= 15 is 0 Å². The zero-order valence-electron chi connectivity index (χ0n) is 15.5. The van der Waals surface area contributed by atoms with E-state index in [-0.39, 0.29) is 11.6 Å². The number of aromatic hydroxyl groups is 1. The molecular formula is C21H21N3O3. The van der Waals surface area contributed by atoms with Gasteiger partial charge in [0.2, 0.25) is 5.88 Å². The summed E-state index contributed by atoms with van der Waals surface area (Å²) in [6.45, 7) is 4.50. The largest absolute Gasteiger partial charge is 0.497 e. The monoisotopic (exact) mass is 363 g/mol. The molecule has 1 aromatic heterocycles. The minimum absolute atomic E-state index is 0.0177. The zero-order chi connectivity index (χ0) is 19.4. The summed E-state index contributed by atoms with van der Waals surface area (Å²) in [5.41, 5.74) is 2.62. The van der Waals surface area contributed by atoms with Crippen LogP contribution < -0.4 is 4.74 Å². The molecule has 0 fully saturated rings. The average molecular weight is 363 g/mol. The lowest BCUT2D eigenvalue weighted by Gasteiger charge is -2.03. The Balaban J connectivity index is 1.99. The number of carbonyl (C=O) groups excluding carboxylic acids is 1. The number of nitrogens with zero attached hydrogens (tertiary/aromatic N) is 3. The van der Waals surface area contributed by atoms with Gasteiger partial charge in [-0.25, -0.2) is 0 Å². The van der Waals surface area contributed by atoms with Crippen LogP contribution in [0.1, 0.15) is 24.2 Å². The molecule has 3 aromatic rings. The summed E-state index contributed by atoms with van der Waals surface area (Å²) in [6.07, 6.45) is 2.01. The van der Waals surface area contributed by atoms with E-state index in [4.69, 9.17) is 4.74 Å². The molecule has 0 aliphatic rings. The molecule has 3 rings (SSSR count). The predicted octanol–water partition coefficient (Wildman–Crippen LogP) is 5.25. The number of azo groups is 1. The summed E-state index contributed by atoms with van der Waals surface area (Å²) >= 11 is 0. The highest BCUT2D eigenvalue weighted by Gasteiger charge is 2.16. The number of hydrogen-bond donors (Lipinski definition) is 1. The number of methoxy groups -OCH3 is 1. The fraction of sp³-hybridized carbons (Fsp3) is 0.190. The van der Waals surface area contributed by atoms with Crippen molar-refractivity contribution in [2.75, 3.05) is 7.11 Å². The molecule has 1 N–H and O–H groups in total. The summed E-state index contributed by atoms with van der Waals surface area (Å²) in [4.78, 5) is 12.3. The van der Waals surface area contributed by atoms with Gasteiger partial charge in [0.15, 0.2) is 5.69 Å². The molecule has 1 amide bonds. The summed E-state index contributed by atoms with van der Waals surface area (Å²) in [5, 5.41) is 19.2. The van der Waals surface area contributed by atoms with Crippen LogP contribution in [0.5, 0.6) is 11.6 Å². The standard InChI is InChI=1S/C21H21N3O3/c1-14(2)11-12-24-18-10-5-4-9-17(18)19(21(24)26)22-23-20(25)15-7-6-8-16(13-15)27-3/h4-11,13,26H,12H2,1-3H3. The Kier molecular flexibility index (Phi) is 5.35. The topological polar surface area (TPSA) is 76.2 Å². The van der Waals surface area contributed by atoms with Gasteiger partial charge < -0.3 is 14.4 Å². The summed E-state index contributed by atoms with van der Waals surface area (Å²) < 4.78 is 6.86. The number of allylic oxidation sites excluding steroid dienone is 2. The van der Waals surface area contributed by atoms with Crippen molar-refractivity contribution in [1.29, 1.82) is 0 Å². The van der Waals surface area contributed by atoms with Gasteiger partial charge in [-0.3, -0.25) is 4.79 Å². The molecule has 138 valence electrons. The van der Waals surface area contributed by atoms with E-state index in [2.05, 4.69) is 10.2 Å². The SMILES string of the molecule is COc1cccc(C(=O)N=Nc2c(O)n(CC=C(C)C)c3ccccc23)c1. The van der Waals surface area contributed by atoms with Crippen molar-refractivity contribution in [1.82, 2.24) is 4.57 Å². The van der Waals surface area contributed by atoms with Crippen molar-refractivity contribution in [2.45, 2.75) is 20.4 Å². The second kappa shape index (κ2) is 7.86. The van der Waals surface area contributed by atoms with E-state index in [1.165, 1.54) is 7.11 Å². The molecule has 0 saturated carbocycles. The highest BCUT2D eigenvalue weighted by Crippen LogP contribution is 2.38. The van der Waals surface area contributed by atoms with Gasteiger partial charge in [0.05, 0.1) is 12.6 Å². The van der Waals surface area contributed by atoms with E-state index < -0.39 is 5.91 Å². The first-order valence-electron chi connectivity index (χ1n) is 8.55. The lowest BCUT2D eigenvalue weighted by atomic mass is 10.2. The number of rotatable bonds is 5. The predicted molar refractivity (Wildman–Crippen MR) is 105 cm³/mol. The molecular weight excluding hydrogens is 342 g/mol. The number of para-hydroxylation sites is 1. The Morgan fingerprint density at radius 2 is 1.96 bits per heavy atom. The van der Waals surface area contributed by atoms with Crippen LogP contribution in [0.4, 0.5) is 5.69 Å². The van der Waals surface area contributed by atoms with Gasteiger partial charge in [0.1, 0.15) is 5.75 Å². The van der Waals surface area contributed by atoms with Gasteiger partial charge >= 0.3 is 0 Å². The lowest BCUT2D eigenvalue weighted by Crippen LogP contribution is -1.95. The quantitative estimate of drug-likeness (QED) is 0.497. The zero-order valence-corrected chi connectivity index (χ0v) is 15.5. The van der Waals surface area contributed by atoms with Crippen LogP contribution in [0.2, 0.25) is 0 Å². The summed E-state index contributed by atoms with van der Waals surface area (Å²) in [5.74, 6) is 0.0440. The van der Waals surface area contributed by atoms with Gasteiger partial charge in [0.25, 0.3) is 5.91 Å². The molecule has 0 spiro atoms. The fourth-order valence-electron chi connectivity index (χ4n) is 2.74. The molecule has 0 radical (unpaired) electrons. The molecule has 0 aliphatic heterocycles. The van der Waals surface area contributed by atoms with E-state index in [9.17, 15) is 9.90 Å². The minimum Gasteiger partial charge on any atom is -0.497 e. The number of aromatic nitrogens is 1. The fourth-order valence-corrected chi connectivity index (χ4v) is 2.74. The number of ether oxygens (including phenoxy) is 1. The first-order valence-corrected chi connectivity index (χ1v) is 8.55. The average Bonchev–Trinajstić information content (AvgIpc) is 2.95. The molecule has 6 nitrogen and oxygen atoms in total. The number of amides is 1. The summed E-state index contributed by atoms with van der Waals surface area (Å²) in [7, 11) is 1.53. The maximum atomic E-state index is 12.3. The van der Waals surface area contributed by atoms with E-state index in [1.54, 1.807) is 28.8 Å². The number of hydrogen-bond acceptors (Lipinski definition) is 4. The third-order valence-electron chi connectivity index (χ3n) is 4.16. The van der Waals surface area contributed by atoms with Crippen molar-refractivity contribution in [3.05, 3.63) is 65.7 Å². The first kappa shape index (κ1) is 18.4. The van der Waals surface area contributed by atoms with Gasteiger partial charge in [0, 0.05) is 17.5 Å². The maximum Gasteiger partial charge on any atom is 0.295 e. The number of carbonyl (C=O) groups is 1. The maximum absolute atomic E-state index is 12.3. The van der Waals surface area contributed by atoms with Crippen molar-refractivity contribution in [3.8, 4) is 11.6 Å². The molecule has 1 heterocycles. The first-order chi connectivity index (χ1) is 13.0.